The molecule has 0 bridgehead atoms. The number of carbonyl (C=O) groups is 3. The zero-order valence-corrected chi connectivity index (χ0v) is 23.6. The minimum atomic E-state index is -4.35. The summed E-state index contributed by atoms with van der Waals surface area (Å²) < 4.78 is 60.9. The summed E-state index contributed by atoms with van der Waals surface area (Å²) in [6, 6.07) is 14.5. The Morgan fingerprint density at radius 2 is 1.66 bits per heavy atom. The van der Waals surface area contributed by atoms with Gasteiger partial charge in [-0.15, -0.1) is 0 Å². The number of ether oxygens (including phenoxy) is 1. The van der Waals surface area contributed by atoms with Gasteiger partial charge in [-0.05, 0) is 62.6 Å². The zero-order chi connectivity index (χ0) is 29.9. The molecule has 4 rings (SSSR count). The summed E-state index contributed by atoms with van der Waals surface area (Å²) in [6.07, 6.45) is -0.739. The fourth-order valence-corrected chi connectivity index (χ4v) is 6.05. The second-order valence-corrected chi connectivity index (χ2v) is 12.7. The normalized spacial score (nSPS) is 16.5. The second-order valence-electron chi connectivity index (χ2n) is 10.7. The number of anilines is 1. The summed E-state index contributed by atoms with van der Waals surface area (Å²) in [5.74, 6) is -3.82. The predicted molar refractivity (Wildman–Crippen MR) is 148 cm³/mol. The van der Waals surface area contributed by atoms with Crippen LogP contribution in [0.1, 0.15) is 48.7 Å². The van der Waals surface area contributed by atoms with E-state index in [2.05, 4.69) is 5.32 Å². The summed E-state index contributed by atoms with van der Waals surface area (Å²) in [4.78, 5) is 39.9. The number of aryl methyl sites for hydroxylation is 1. The summed E-state index contributed by atoms with van der Waals surface area (Å²) in [5.41, 5.74) is -0.210. The number of benzene rings is 3. The molecule has 0 saturated carbocycles. The number of hydrogen-bond donors (Lipinski definition) is 1. The lowest BCUT2D eigenvalue weighted by Crippen LogP contribution is -2.51. The minimum absolute atomic E-state index is 0.0544. The summed E-state index contributed by atoms with van der Waals surface area (Å²) in [6.45, 7) is 4.58. The lowest BCUT2D eigenvalue weighted by molar-refractivity contribution is -0.120. The van der Waals surface area contributed by atoms with Crippen molar-refractivity contribution in [3.05, 3.63) is 95.1 Å². The van der Waals surface area contributed by atoms with Crippen molar-refractivity contribution in [1.82, 2.24) is 5.32 Å². The predicted octanol–water partition coefficient (Wildman–Crippen LogP) is 4.99. The van der Waals surface area contributed by atoms with Gasteiger partial charge >= 0.3 is 6.09 Å². The van der Waals surface area contributed by atoms with Gasteiger partial charge in [0, 0.05) is 6.42 Å². The molecule has 0 fully saturated rings. The van der Waals surface area contributed by atoms with Gasteiger partial charge in [0.1, 0.15) is 23.3 Å². The van der Waals surface area contributed by atoms with E-state index in [-0.39, 0.29) is 24.2 Å². The fraction of sp³-hybridized carbons (Fsp3) is 0.300. The lowest BCUT2D eigenvalue weighted by Gasteiger charge is -2.27. The van der Waals surface area contributed by atoms with Crippen LogP contribution in [0.4, 0.5) is 19.3 Å². The van der Waals surface area contributed by atoms with Gasteiger partial charge in [0.05, 0.1) is 28.4 Å². The Morgan fingerprint density at radius 1 is 1.00 bits per heavy atom. The number of carbonyl (C=O) groups excluding carboxylic acids is 3. The Hall–Kier alpha value is -4.12. The molecule has 8 nitrogen and oxygen atoms in total. The molecule has 2 amide bonds. The van der Waals surface area contributed by atoms with Crippen molar-refractivity contribution < 1.29 is 36.3 Å². The van der Waals surface area contributed by atoms with E-state index < -0.39 is 61.5 Å². The highest BCUT2D eigenvalue weighted by Gasteiger charge is 2.40. The molecule has 0 saturated heterocycles. The lowest BCUT2D eigenvalue weighted by atomic mass is 10.0. The number of amides is 2. The van der Waals surface area contributed by atoms with Crippen molar-refractivity contribution in [2.45, 2.75) is 56.7 Å². The van der Waals surface area contributed by atoms with Crippen LogP contribution in [-0.4, -0.2) is 43.6 Å². The second kappa shape index (κ2) is 11.8. The molecule has 0 unspecified atom stereocenters. The number of alkyl carbamates (subject to hydrolysis) is 1. The topological polar surface area (TPSA) is 110 Å². The minimum Gasteiger partial charge on any atom is -0.444 e. The molecule has 1 heterocycles. The smallest absolute Gasteiger partial charge is 0.408 e. The molecule has 0 radical (unpaired) electrons. The van der Waals surface area contributed by atoms with E-state index >= 15 is 4.39 Å². The molecule has 0 aliphatic carbocycles. The van der Waals surface area contributed by atoms with Crippen molar-refractivity contribution in [2.75, 3.05) is 10.7 Å². The number of fused-ring (bicyclic) bond motifs is 1. The number of Topliss-reactive ketones (excluding diaryl/α,β-unsaturated/α-hetero) is 1. The number of nitrogens with one attached hydrogen (secondary N) is 1. The molecular formula is C30H30F2N2O6S. The molecule has 0 aromatic heterocycles. The van der Waals surface area contributed by atoms with Crippen LogP contribution < -0.4 is 10.2 Å². The van der Waals surface area contributed by atoms with E-state index in [0.717, 1.165) is 22.6 Å². The number of halogens is 2. The monoisotopic (exact) mass is 584 g/mol. The van der Waals surface area contributed by atoms with Crippen molar-refractivity contribution in [3.8, 4) is 0 Å². The van der Waals surface area contributed by atoms with Crippen LogP contribution in [0.3, 0.4) is 0 Å². The maximum atomic E-state index is 15.3. The highest BCUT2D eigenvalue weighted by molar-refractivity contribution is 7.91. The van der Waals surface area contributed by atoms with Gasteiger partial charge in [0.2, 0.25) is 0 Å². The van der Waals surface area contributed by atoms with E-state index in [0.29, 0.717) is 12.0 Å². The molecule has 0 spiro atoms. The molecule has 11 heteroatoms. The van der Waals surface area contributed by atoms with Crippen LogP contribution in [-0.2, 0) is 32.3 Å². The first-order chi connectivity index (χ1) is 19.2. The number of nitrogens with zero attached hydrogens (tertiary/aromatic N) is 1. The number of hydrogen-bond acceptors (Lipinski definition) is 6. The zero-order valence-electron chi connectivity index (χ0n) is 22.8. The third kappa shape index (κ3) is 7.35. The highest BCUT2D eigenvalue weighted by atomic mass is 32.2. The van der Waals surface area contributed by atoms with Crippen LogP contribution in [0, 0.1) is 11.6 Å². The quantitative estimate of drug-likeness (QED) is 0.392. The molecule has 1 aliphatic rings. The number of ketones is 1. The van der Waals surface area contributed by atoms with Crippen molar-refractivity contribution in [2.24, 2.45) is 0 Å². The Morgan fingerprint density at radius 3 is 2.29 bits per heavy atom. The van der Waals surface area contributed by atoms with E-state index in [9.17, 15) is 27.2 Å². The Bertz CT molecular complexity index is 1570. The van der Waals surface area contributed by atoms with E-state index in [1.54, 1.807) is 20.8 Å². The number of sulfone groups is 1. The summed E-state index contributed by atoms with van der Waals surface area (Å²) in [7, 11) is -4.35. The summed E-state index contributed by atoms with van der Waals surface area (Å²) in [5, 5.41) is 2.32. The van der Waals surface area contributed by atoms with Crippen LogP contribution in [0.15, 0.2) is 71.6 Å². The third-order valence-electron chi connectivity index (χ3n) is 6.35. The van der Waals surface area contributed by atoms with Crippen LogP contribution in [0.25, 0.3) is 0 Å². The van der Waals surface area contributed by atoms with Crippen molar-refractivity contribution >= 4 is 33.3 Å². The first kappa shape index (κ1) is 29.9. The molecule has 3 aromatic carbocycles. The largest absolute Gasteiger partial charge is 0.444 e. The Balaban J connectivity index is 1.76. The maximum Gasteiger partial charge on any atom is 0.408 e. The van der Waals surface area contributed by atoms with Crippen molar-refractivity contribution in [3.63, 3.8) is 0 Å². The van der Waals surface area contributed by atoms with Gasteiger partial charge in [0.25, 0.3) is 5.91 Å². The average Bonchev–Trinajstić information content (AvgIpc) is 2.96. The van der Waals surface area contributed by atoms with E-state index in [4.69, 9.17) is 4.74 Å². The van der Waals surface area contributed by atoms with Crippen LogP contribution in [0.5, 0.6) is 0 Å². The van der Waals surface area contributed by atoms with E-state index in [1.807, 2.05) is 30.3 Å². The van der Waals surface area contributed by atoms with Gasteiger partial charge in [-0.1, -0.05) is 42.5 Å². The van der Waals surface area contributed by atoms with Crippen LogP contribution >= 0.6 is 0 Å². The Labute approximate surface area is 237 Å². The van der Waals surface area contributed by atoms with Gasteiger partial charge in [-0.25, -0.2) is 22.0 Å². The average molecular weight is 585 g/mol. The highest BCUT2D eigenvalue weighted by Crippen LogP contribution is 2.35. The molecule has 41 heavy (non-hydrogen) atoms. The first-order valence-corrected chi connectivity index (χ1v) is 14.6. The van der Waals surface area contributed by atoms with E-state index in [1.165, 1.54) is 24.3 Å². The first-order valence-electron chi connectivity index (χ1n) is 12.9. The van der Waals surface area contributed by atoms with Gasteiger partial charge < -0.3 is 15.0 Å². The van der Waals surface area contributed by atoms with Gasteiger partial charge in [-0.2, -0.15) is 0 Å². The maximum absolute atomic E-state index is 15.3. The molecular weight excluding hydrogens is 554 g/mol. The Kier molecular flexibility index (Phi) is 8.58. The third-order valence-corrected chi connectivity index (χ3v) is 8.12. The summed E-state index contributed by atoms with van der Waals surface area (Å²) >= 11 is 0. The molecule has 3 aromatic rings. The van der Waals surface area contributed by atoms with Gasteiger partial charge in [-0.3, -0.25) is 9.59 Å². The van der Waals surface area contributed by atoms with Gasteiger partial charge in [0.15, 0.2) is 15.6 Å². The SMILES string of the molecule is CC(C)(C)OC(=O)N[C@H]1CS(=O)(=O)c2cc(F)c(C(=O)CCc3ccccc3)cc2N(Cc2ccc(F)cc2)C1=O. The molecule has 1 N–H and O–H groups in total. The standard InChI is InChI=1S/C30H30F2N2O6S/c1-30(2,3)40-29(37)33-24-18-41(38,39)27-16-23(32)22(26(35)14-11-19-7-5-4-6-8-19)15-25(27)34(28(24)36)17-20-9-12-21(31)13-10-20/h4-10,12-13,15-16,24H,11,14,17-18H2,1-3H3,(H,33,37)/t24-/m0/s1. The molecule has 1 atom stereocenters. The molecule has 1 aliphatic heterocycles. The molecule has 216 valence electrons. The fourth-order valence-electron chi connectivity index (χ4n) is 4.43. The number of rotatable bonds is 7. The van der Waals surface area contributed by atoms with Crippen molar-refractivity contribution in [1.29, 1.82) is 0 Å². The van der Waals surface area contributed by atoms with Crippen LogP contribution in [0.2, 0.25) is 0 Å².